The Hall–Kier alpha value is -5.77. The standard InChI is InChI=1S/C44H44FN3O15/c1-19-38(52)25(48-9-10-61-32(17-48)60-3)14-31(62-19)63-29-16-44(58,30(18-49)46-47-43(57)21-11-20(12-22(45)13-21)33-26(50)7-8-27(33)51)15-24-35(29)42(56)37-36(40(24)54)39(53)23-5-4-6-28(59-2)34(23)41(37)55/h4-8,11-13,19,25,29,31-33,38,49,52,54,56,58H,9-10,14-18H2,1-3H3,(H,47,57)/b46-30+/t19-,25?,29-,31-,32-,38+,44-/m0/s1. The number of aromatic hydroxyl groups is 2. The van der Waals surface area contributed by atoms with Gasteiger partial charge >= 0.3 is 0 Å². The molecular weight excluding hydrogens is 829 g/mol. The molecule has 0 saturated carbocycles. The number of methoxy groups -OCH3 is 2. The molecule has 8 rings (SSSR count). The predicted molar refractivity (Wildman–Crippen MR) is 214 cm³/mol. The monoisotopic (exact) mass is 873 g/mol. The van der Waals surface area contributed by atoms with Crippen molar-refractivity contribution >= 4 is 34.8 Å². The number of carbonyl (C=O) groups is 5. The summed E-state index contributed by atoms with van der Waals surface area (Å²) in [6.07, 6.45) is -4.13. The van der Waals surface area contributed by atoms with Gasteiger partial charge in [-0.1, -0.05) is 12.1 Å². The van der Waals surface area contributed by atoms with Gasteiger partial charge in [-0.25, -0.2) is 9.82 Å². The van der Waals surface area contributed by atoms with Crippen LogP contribution in [-0.4, -0.2) is 142 Å². The number of nitrogens with one attached hydrogen (secondary N) is 1. The Morgan fingerprint density at radius 1 is 1.02 bits per heavy atom. The lowest BCUT2D eigenvalue weighted by Gasteiger charge is -2.47. The first-order valence-electron chi connectivity index (χ1n) is 20.1. The number of ketones is 4. The van der Waals surface area contributed by atoms with E-state index in [4.69, 9.17) is 23.7 Å². The van der Waals surface area contributed by atoms with E-state index in [2.05, 4.69) is 10.5 Å². The SMILES string of the molecule is COc1cccc2c1C(=O)c1c(O)c3c(c(O)c1C2=O)C[C@@](O)(/C(CO)=N/NC(=O)c1cc(F)cc(C2C(=O)C=CC2=O)c1)C[C@@H]3O[C@H]1CC(N2CCO[C@H](OC)C2)[C@H](O)[C@H](C)O1. The number of amides is 1. The molecule has 0 spiro atoms. The number of carbonyl (C=O) groups excluding carboxylic acids is 5. The van der Waals surface area contributed by atoms with Crippen LogP contribution < -0.4 is 10.2 Å². The number of morpholine rings is 1. The van der Waals surface area contributed by atoms with Crippen molar-refractivity contribution in [2.75, 3.05) is 40.5 Å². The number of fused-ring (bicyclic) bond motifs is 3. The average molecular weight is 874 g/mol. The van der Waals surface area contributed by atoms with Gasteiger partial charge in [-0.15, -0.1) is 0 Å². The van der Waals surface area contributed by atoms with E-state index in [1.165, 1.54) is 32.4 Å². The van der Waals surface area contributed by atoms with Crippen LogP contribution in [0.3, 0.4) is 0 Å². The fraction of sp³-hybridized carbons (Fsp3) is 0.409. The van der Waals surface area contributed by atoms with Crippen LogP contribution in [0.5, 0.6) is 17.2 Å². The molecule has 1 amide bonds. The Morgan fingerprint density at radius 3 is 2.44 bits per heavy atom. The molecule has 18 nitrogen and oxygen atoms in total. The van der Waals surface area contributed by atoms with Crippen LogP contribution >= 0.6 is 0 Å². The number of halogens is 1. The number of rotatable bonds is 10. The zero-order chi connectivity index (χ0) is 45.1. The van der Waals surface area contributed by atoms with Crippen molar-refractivity contribution in [1.29, 1.82) is 0 Å². The van der Waals surface area contributed by atoms with Gasteiger partial charge in [0, 0.05) is 67.8 Å². The minimum atomic E-state index is -2.34. The number of aliphatic hydroxyl groups excluding tert-OH is 2. The Balaban J connectivity index is 1.18. The number of hydrazone groups is 1. The fourth-order valence-electron chi connectivity index (χ4n) is 9.20. The predicted octanol–water partition coefficient (Wildman–Crippen LogP) is 1.49. The minimum Gasteiger partial charge on any atom is -0.507 e. The summed E-state index contributed by atoms with van der Waals surface area (Å²) in [7, 11) is 2.79. The number of phenols is 2. The average Bonchev–Trinajstić information content (AvgIpc) is 3.61. The maximum absolute atomic E-state index is 14.8. The molecule has 5 aliphatic rings. The Labute approximate surface area is 358 Å². The molecule has 7 atom stereocenters. The molecule has 2 saturated heterocycles. The summed E-state index contributed by atoms with van der Waals surface area (Å²) in [5.41, 5.74) is -2.90. The summed E-state index contributed by atoms with van der Waals surface area (Å²) in [5.74, 6) is -7.67. The van der Waals surface area contributed by atoms with Crippen LogP contribution in [0.2, 0.25) is 0 Å². The number of nitrogens with zero attached hydrogens (tertiary/aromatic N) is 2. The lowest BCUT2D eigenvalue weighted by molar-refractivity contribution is -0.265. The first-order chi connectivity index (χ1) is 30.1. The van der Waals surface area contributed by atoms with E-state index < -0.39 is 131 Å². The summed E-state index contributed by atoms with van der Waals surface area (Å²) in [6.45, 7) is 1.65. The summed E-state index contributed by atoms with van der Waals surface area (Å²) in [5, 5.41) is 62.5. The van der Waals surface area contributed by atoms with Gasteiger partial charge in [0.15, 0.2) is 29.9 Å². The normalized spacial score (nSPS) is 27.6. The summed E-state index contributed by atoms with van der Waals surface area (Å²) < 4.78 is 43.8. The van der Waals surface area contributed by atoms with Crippen molar-refractivity contribution in [3.8, 4) is 17.2 Å². The second-order valence-electron chi connectivity index (χ2n) is 16.0. The zero-order valence-corrected chi connectivity index (χ0v) is 34.2. The van der Waals surface area contributed by atoms with Gasteiger partial charge in [-0.2, -0.15) is 5.10 Å². The largest absolute Gasteiger partial charge is 0.507 e. The minimum absolute atomic E-state index is 0.0343. The molecule has 2 fully saturated rings. The van der Waals surface area contributed by atoms with E-state index in [0.29, 0.717) is 19.7 Å². The van der Waals surface area contributed by atoms with Crippen LogP contribution in [-0.2, 0) is 35.0 Å². The molecule has 2 heterocycles. The van der Waals surface area contributed by atoms with Crippen LogP contribution in [0, 0.1) is 5.82 Å². The number of ether oxygens (including phenoxy) is 5. The highest BCUT2D eigenvalue weighted by Crippen LogP contribution is 2.53. The van der Waals surface area contributed by atoms with Crippen LogP contribution in [0.4, 0.5) is 4.39 Å². The van der Waals surface area contributed by atoms with Gasteiger partial charge in [0.25, 0.3) is 5.91 Å². The lowest BCUT2D eigenvalue weighted by atomic mass is 9.71. The van der Waals surface area contributed by atoms with E-state index in [1.54, 1.807) is 6.92 Å². The van der Waals surface area contributed by atoms with E-state index >= 15 is 0 Å². The number of aliphatic hydroxyl groups is 3. The molecule has 0 bridgehead atoms. The van der Waals surface area contributed by atoms with Crippen molar-refractivity contribution < 1.29 is 77.6 Å². The molecule has 0 radical (unpaired) electrons. The van der Waals surface area contributed by atoms with Crippen molar-refractivity contribution in [2.45, 2.75) is 74.6 Å². The van der Waals surface area contributed by atoms with Gasteiger partial charge in [0.05, 0.1) is 61.0 Å². The molecule has 0 aromatic heterocycles. The summed E-state index contributed by atoms with van der Waals surface area (Å²) in [4.78, 5) is 68.4. The maximum atomic E-state index is 14.8. The molecule has 1 unspecified atom stereocenters. The Bertz CT molecular complexity index is 2470. The third-order valence-corrected chi connectivity index (χ3v) is 12.3. The van der Waals surface area contributed by atoms with E-state index in [0.717, 1.165) is 30.4 Å². The smallest absolute Gasteiger partial charge is 0.271 e. The number of hydrogen-bond acceptors (Lipinski definition) is 17. The molecule has 3 aromatic carbocycles. The van der Waals surface area contributed by atoms with Crippen LogP contribution in [0.1, 0.15) is 90.7 Å². The van der Waals surface area contributed by atoms with Crippen LogP contribution in [0.15, 0.2) is 53.7 Å². The van der Waals surface area contributed by atoms with E-state index in [1.807, 2.05) is 4.90 Å². The topological polar surface area (TPSA) is 260 Å². The Morgan fingerprint density at radius 2 is 1.75 bits per heavy atom. The van der Waals surface area contributed by atoms with Crippen molar-refractivity contribution in [2.24, 2.45) is 5.10 Å². The van der Waals surface area contributed by atoms with E-state index in [-0.39, 0.29) is 45.6 Å². The molecule has 3 aromatic rings. The quantitative estimate of drug-likeness (QED) is 0.0571. The molecule has 3 aliphatic carbocycles. The number of benzene rings is 3. The molecule has 332 valence electrons. The third-order valence-electron chi connectivity index (χ3n) is 12.3. The first kappa shape index (κ1) is 43.9. The second kappa shape index (κ2) is 17.1. The summed E-state index contributed by atoms with van der Waals surface area (Å²) in [6, 6.07) is 6.63. The number of allylic oxidation sites excluding steroid dienone is 2. The highest BCUT2D eigenvalue weighted by Gasteiger charge is 2.50. The molecular formula is C44H44FN3O15. The van der Waals surface area contributed by atoms with Crippen LogP contribution in [0.25, 0.3) is 0 Å². The molecule has 6 N–H and O–H groups in total. The van der Waals surface area contributed by atoms with Crippen molar-refractivity contribution in [3.05, 3.63) is 98.9 Å². The van der Waals surface area contributed by atoms with Gasteiger partial charge in [-0.05, 0) is 48.9 Å². The van der Waals surface area contributed by atoms with Gasteiger partial charge < -0.3 is 49.2 Å². The number of hydrogen-bond donors (Lipinski definition) is 6. The highest BCUT2D eigenvalue weighted by atomic mass is 19.1. The van der Waals surface area contributed by atoms with Crippen molar-refractivity contribution in [3.63, 3.8) is 0 Å². The first-order valence-corrected chi connectivity index (χ1v) is 20.1. The van der Waals surface area contributed by atoms with Gasteiger partial charge in [0.2, 0.25) is 5.78 Å². The van der Waals surface area contributed by atoms with Gasteiger partial charge in [-0.3, -0.25) is 28.9 Å². The Kier molecular flexibility index (Phi) is 11.9. The van der Waals surface area contributed by atoms with Gasteiger partial charge in [0.1, 0.15) is 34.6 Å². The fourth-order valence-corrected chi connectivity index (χ4v) is 9.20. The molecule has 19 heteroatoms. The molecule has 63 heavy (non-hydrogen) atoms. The molecule has 2 aliphatic heterocycles. The zero-order valence-electron chi connectivity index (χ0n) is 34.2. The van der Waals surface area contributed by atoms with Crippen molar-refractivity contribution in [1.82, 2.24) is 10.3 Å². The highest BCUT2D eigenvalue weighted by molar-refractivity contribution is 6.31. The summed E-state index contributed by atoms with van der Waals surface area (Å²) >= 11 is 0. The number of phenolic OH excluding ortho intramolecular Hbond substituents is 2. The van der Waals surface area contributed by atoms with E-state index in [9.17, 15) is 53.9 Å². The second-order valence-corrected chi connectivity index (χ2v) is 16.0. The lowest BCUT2D eigenvalue weighted by Crippen LogP contribution is -2.59. The third kappa shape index (κ3) is 7.73. The maximum Gasteiger partial charge on any atom is 0.271 e.